The summed E-state index contributed by atoms with van der Waals surface area (Å²) in [5.74, 6) is -0.0192. The average Bonchev–Trinajstić information content (AvgIpc) is 3.13. The Morgan fingerprint density at radius 2 is 1.84 bits per heavy atom. The fraction of sp³-hybridized carbons (Fsp3) is 0.600. The van der Waals surface area contributed by atoms with Gasteiger partial charge in [0.15, 0.2) is 6.10 Å². The smallest absolute Gasteiger partial charge is 0.256 e. The molecule has 0 bridgehead atoms. The Labute approximate surface area is 149 Å². The van der Waals surface area contributed by atoms with E-state index in [9.17, 15) is 9.59 Å². The minimum atomic E-state index is -0.541. The zero-order chi connectivity index (χ0) is 17.6. The van der Waals surface area contributed by atoms with Crippen molar-refractivity contribution in [3.05, 3.63) is 35.9 Å². The Kier molecular flexibility index (Phi) is 6.08. The fourth-order valence-electron chi connectivity index (χ4n) is 3.87. The number of carbonyl (C=O) groups excluding carboxylic acids is 2. The van der Waals surface area contributed by atoms with E-state index in [1.165, 1.54) is 19.8 Å². The molecule has 0 aromatic heterocycles. The maximum Gasteiger partial charge on any atom is 0.256 e. The molecule has 1 aliphatic carbocycles. The first-order chi connectivity index (χ1) is 12.1. The summed E-state index contributed by atoms with van der Waals surface area (Å²) in [7, 11) is 0. The van der Waals surface area contributed by atoms with Crippen LogP contribution < -0.4 is 5.32 Å². The highest BCUT2D eigenvalue weighted by Crippen LogP contribution is 2.30. The van der Waals surface area contributed by atoms with Gasteiger partial charge in [-0.05, 0) is 31.2 Å². The number of nitrogens with one attached hydrogen (secondary N) is 1. The molecule has 1 saturated carbocycles. The van der Waals surface area contributed by atoms with Gasteiger partial charge in [-0.1, -0.05) is 43.2 Å². The Bertz CT molecular complexity index is 584. The van der Waals surface area contributed by atoms with Gasteiger partial charge in [-0.3, -0.25) is 9.59 Å². The first kappa shape index (κ1) is 17.9. The molecule has 3 rings (SSSR count). The van der Waals surface area contributed by atoms with Crippen molar-refractivity contribution in [3.8, 4) is 0 Å². The standard InChI is InChI=1S/C20H28N2O3/c1-15(23)21-17-10-7-13-22(14-17)20(24)19(16-8-3-2-4-9-16)25-18-11-5-6-12-18/h2-4,8-9,17-19H,5-7,10-14H2,1H3,(H,21,23). The first-order valence-electron chi connectivity index (χ1n) is 9.40. The number of ether oxygens (including phenoxy) is 1. The second-order valence-corrected chi connectivity index (χ2v) is 7.16. The number of benzene rings is 1. The summed E-state index contributed by atoms with van der Waals surface area (Å²) in [5, 5.41) is 2.94. The topological polar surface area (TPSA) is 58.6 Å². The minimum absolute atomic E-state index is 0.0214. The average molecular weight is 344 g/mol. The van der Waals surface area contributed by atoms with Gasteiger partial charge in [0.05, 0.1) is 6.10 Å². The molecule has 2 aliphatic rings. The molecular formula is C20H28N2O3. The summed E-state index contributed by atoms with van der Waals surface area (Å²) in [5.41, 5.74) is 0.918. The second kappa shape index (κ2) is 8.48. The molecule has 5 nitrogen and oxygen atoms in total. The summed E-state index contributed by atoms with van der Waals surface area (Å²) in [4.78, 5) is 26.4. The van der Waals surface area contributed by atoms with Crippen molar-refractivity contribution >= 4 is 11.8 Å². The SMILES string of the molecule is CC(=O)NC1CCCN(C(=O)C(OC2CCCC2)c2ccccc2)C1. The van der Waals surface area contributed by atoms with Crippen LogP contribution in [0.1, 0.15) is 57.1 Å². The van der Waals surface area contributed by atoms with E-state index < -0.39 is 6.10 Å². The monoisotopic (exact) mass is 344 g/mol. The third-order valence-electron chi connectivity index (χ3n) is 5.10. The van der Waals surface area contributed by atoms with Gasteiger partial charge in [0.25, 0.3) is 5.91 Å². The van der Waals surface area contributed by atoms with E-state index in [1.54, 1.807) is 0 Å². The Morgan fingerprint density at radius 1 is 1.12 bits per heavy atom. The van der Waals surface area contributed by atoms with Gasteiger partial charge in [-0.25, -0.2) is 0 Å². The number of carbonyl (C=O) groups is 2. The van der Waals surface area contributed by atoms with Crippen molar-refractivity contribution in [1.29, 1.82) is 0 Å². The van der Waals surface area contributed by atoms with Crippen molar-refractivity contribution in [2.24, 2.45) is 0 Å². The quantitative estimate of drug-likeness (QED) is 0.893. The van der Waals surface area contributed by atoms with E-state index >= 15 is 0 Å². The highest BCUT2D eigenvalue weighted by Gasteiger charge is 2.33. The number of likely N-dealkylation sites (tertiary alicyclic amines) is 1. The molecule has 1 aliphatic heterocycles. The number of nitrogens with zero attached hydrogens (tertiary/aromatic N) is 1. The van der Waals surface area contributed by atoms with Crippen LogP contribution in [-0.4, -0.2) is 41.9 Å². The number of hydrogen-bond donors (Lipinski definition) is 1. The van der Waals surface area contributed by atoms with Gasteiger partial charge in [-0.15, -0.1) is 0 Å². The van der Waals surface area contributed by atoms with Crippen molar-refractivity contribution < 1.29 is 14.3 Å². The van der Waals surface area contributed by atoms with Gasteiger partial charge < -0.3 is 15.0 Å². The van der Waals surface area contributed by atoms with E-state index in [-0.39, 0.29) is 24.0 Å². The molecule has 2 unspecified atom stereocenters. The predicted molar refractivity (Wildman–Crippen MR) is 95.9 cm³/mol. The predicted octanol–water partition coefficient (Wildman–Crippen LogP) is 2.81. The largest absolute Gasteiger partial charge is 0.360 e. The van der Waals surface area contributed by atoms with Crippen molar-refractivity contribution in [2.45, 2.75) is 63.7 Å². The van der Waals surface area contributed by atoms with Crippen LogP contribution in [0.15, 0.2) is 30.3 Å². The molecule has 136 valence electrons. The molecule has 1 aromatic rings. The molecule has 2 fully saturated rings. The Hall–Kier alpha value is -1.88. The highest BCUT2D eigenvalue weighted by atomic mass is 16.5. The van der Waals surface area contributed by atoms with Crippen LogP contribution in [0.3, 0.4) is 0 Å². The van der Waals surface area contributed by atoms with Crippen LogP contribution in [0.25, 0.3) is 0 Å². The van der Waals surface area contributed by atoms with E-state index in [4.69, 9.17) is 4.74 Å². The molecule has 1 aromatic carbocycles. The van der Waals surface area contributed by atoms with Crippen LogP contribution in [0.2, 0.25) is 0 Å². The van der Waals surface area contributed by atoms with Crippen LogP contribution >= 0.6 is 0 Å². The summed E-state index contributed by atoms with van der Waals surface area (Å²) < 4.78 is 6.25. The zero-order valence-electron chi connectivity index (χ0n) is 14.9. The van der Waals surface area contributed by atoms with Crippen LogP contribution in [-0.2, 0) is 14.3 Å². The maximum absolute atomic E-state index is 13.2. The molecule has 2 amide bonds. The highest BCUT2D eigenvalue weighted by molar-refractivity contribution is 5.82. The molecule has 1 saturated heterocycles. The van der Waals surface area contributed by atoms with Crippen molar-refractivity contribution in [1.82, 2.24) is 10.2 Å². The van der Waals surface area contributed by atoms with Gasteiger partial charge in [0.2, 0.25) is 5.91 Å². The molecule has 1 N–H and O–H groups in total. The Morgan fingerprint density at radius 3 is 2.52 bits per heavy atom. The third kappa shape index (κ3) is 4.82. The van der Waals surface area contributed by atoms with Gasteiger partial charge in [0, 0.05) is 26.1 Å². The van der Waals surface area contributed by atoms with Crippen molar-refractivity contribution in [2.75, 3.05) is 13.1 Å². The lowest BCUT2D eigenvalue weighted by Gasteiger charge is -2.35. The molecule has 5 heteroatoms. The van der Waals surface area contributed by atoms with Gasteiger partial charge in [0.1, 0.15) is 0 Å². The fourth-order valence-corrected chi connectivity index (χ4v) is 3.87. The van der Waals surface area contributed by atoms with Crippen LogP contribution in [0, 0.1) is 0 Å². The van der Waals surface area contributed by atoms with Crippen LogP contribution in [0.4, 0.5) is 0 Å². The third-order valence-corrected chi connectivity index (χ3v) is 5.10. The molecule has 25 heavy (non-hydrogen) atoms. The number of amides is 2. The van der Waals surface area contributed by atoms with Crippen molar-refractivity contribution in [3.63, 3.8) is 0 Å². The molecule has 0 spiro atoms. The van der Waals surface area contributed by atoms with Crippen LogP contribution in [0.5, 0.6) is 0 Å². The molecule has 0 radical (unpaired) electrons. The molecule has 1 heterocycles. The van der Waals surface area contributed by atoms with E-state index in [0.717, 1.165) is 37.8 Å². The first-order valence-corrected chi connectivity index (χ1v) is 9.40. The van der Waals surface area contributed by atoms with E-state index in [1.807, 2.05) is 35.2 Å². The lowest BCUT2D eigenvalue weighted by atomic mass is 10.0. The lowest BCUT2D eigenvalue weighted by molar-refractivity contribution is -0.150. The number of piperidine rings is 1. The summed E-state index contributed by atoms with van der Waals surface area (Å²) in [6.07, 6.45) is 5.87. The van der Waals surface area contributed by atoms with Gasteiger partial charge >= 0.3 is 0 Å². The molecular weight excluding hydrogens is 316 g/mol. The number of rotatable bonds is 5. The summed E-state index contributed by atoms with van der Waals surface area (Å²) in [6, 6.07) is 9.82. The maximum atomic E-state index is 13.2. The second-order valence-electron chi connectivity index (χ2n) is 7.16. The Balaban J connectivity index is 1.72. The van der Waals surface area contributed by atoms with E-state index in [0.29, 0.717) is 6.54 Å². The molecule has 2 atom stereocenters. The normalized spacial score (nSPS) is 22.6. The lowest BCUT2D eigenvalue weighted by Crippen LogP contribution is -2.50. The van der Waals surface area contributed by atoms with Gasteiger partial charge in [-0.2, -0.15) is 0 Å². The van der Waals surface area contributed by atoms with E-state index in [2.05, 4.69) is 5.32 Å². The summed E-state index contributed by atoms with van der Waals surface area (Å²) in [6.45, 7) is 2.82. The minimum Gasteiger partial charge on any atom is -0.360 e. The summed E-state index contributed by atoms with van der Waals surface area (Å²) >= 11 is 0. The zero-order valence-corrected chi connectivity index (χ0v) is 14.9. The number of hydrogen-bond acceptors (Lipinski definition) is 3.